The Hall–Kier alpha value is -2.45. The second-order valence-electron chi connectivity index (χ2n) is 6.50. The van der Waals surface area contributed by atoms with Crippen molar-refractivity contribution in [2.75, 3.05) is 0 Å². The van der Waals surface area contributed by atoms with Gasteiger partial charge in [0, 0.05) is 18.1 Å². The molecular formula is C17H18N2O5S. The first-order valence-electron chi connectivity index (χ1n) is 7.73. The summed E-state index contributed by atoms with van der Waals surface area (Å²) >= 11 is 0. The normalized spacial score (nSPS) is 18.9. The SMILES string of the molecule is CC1(C)C[C@H](NS(=O)(=O)c2ccccc2[N+](=O)[O-])c2ccccc2O1. The number of rotatable bonds is 4. The Bertz CT molecular complexity index is 924. The van der Waals surface area contributed by atoms with Gasteiger partial charge in [-0.2, -0.15) is 0 Å². The van der Waals surface area contributed by atoms with Gasteiger partial charge in [0.2, 0.25) is 10.0 Å². The highest BCUT2D eigenvalue weighted by molar-refractivity contribution is 7.89. The zero-order valence-electron chi connectivity index (χ0n) is 13.8. The van der Waals surface area contributed by atoms with E-state index in [2.05, 4.69) is 4.72 Å². The number of ether oxygens (including phenoxy) is 1. The summed E-state index contributed by atoms with van der Waals surface area (Å²) in [4.78, 5) is 10.1. The van der Waals surface area contributed by atoms with Crippen molar-refractivity contribution >= 4 is 15.7 Å². The summed E-state index contributed by atoms with van der Waals surface area (Å²) in [6.45, 7) is 3.74. The molecule has 0 amide bonds. The van der Waals surface area contributed by atoms with Crippen LogP contribution in [0.5, 0.6) is 5.75 Å². The Morgan fingerprint density at radius 3 is 2.52 bits per heavy atom. The van der Waals surface area contributed by atoms with E-state index in [9.17, 15) is 18.5 Å². The number of para-hydroxylation sites is 2. The fourth-order valence-electron chi connectivity index (χ4n) is 2.99. The van der Waals surface area contributed by atoms with E-state index in [4.69, 9.17) is 4.74 Å². The molecule has 132 valence electrons. The lowest BCUT2D eigenvalue weighted by atomic mass is 9.90. The van der Waals surface area contributed by atoms with Gasteiger partial charge >= 0.3 is 0 Å². The van der Waals surface area contributed by atoms with Gasteiger partial charge < -0.3 is 4.74 Å². The third-order valence-electron chi connectivity index (χ3n) is 4.03. The summed E-state index contributed by atoms with van der Waals surface area (Å²) in [6.07, 6.45) is 0.407. The standard InChI is InChI=1S/C17H18N2O5S/c1-17(2)11-13(12-7-3-5-9-15(12)24-17)18-25(22,23)16-10-6-4-8-14(16)19(20)21/h3-10,13,18H,11H2,1-2H3/t13-/m0/s1. The Morgan fingerprint density at radius 2 is 1.80 bits per heavy atom. The maximum Gasteiger partial charge on any atom is 0.289 e. The topological polar surface area (TPSA) is 98.5 Å². The van der Waals surface area contributed by atoms with E-state index < -0.39 is 32.3 Å². The number of nitrogens with zero attached hydrogens (tertiary/aromatic N) is 1. The van der Waals surface area contributed by atoms with Crippen molar-refractivity contribution in [1.29, 1.82) is 0 Å². The van der Waals surface area contributed by atoms with Crippen molar-refractivity contribution in [3.63, 3.8) is 0 Å². The number of benzene rings is 2. The lowest BCUT2D eigenvalue weighted by Crippen LogP contribution is -2.41. The van der Waals surface area contributed by atoms with Crippen molar-refractivity contribution in [2.24, 2.45) is 0 Å². The van der Waals surface area contributed by atoms with E-state index >= 15 is 0 Å². The molecule has 1 atom stereocenters. The van der Waals surface area contributed by atoms with Crippen LogP contribution in [0.1, 0.15) is 31.9 Å². The number of hydrogen-bond acceptors (Lipinski definition) is 5. The van der Waals surface area contributed by atoms with Gasteiger partial charge in [0.15, 0.2) is 4.90 Å². The summed E-state index contributed by atoms with van der Waals surface area (Å²) < 4.78 is 34.1. The molecule has 0 bridgehead atoms. The lowest BCUT2D eigenvalue weighted by Gasteiger charge is -2.37. The molecule has 0 unspecified atom stereocenters. The van der Waals surface area contributed by atoms with Crippen LogP contribution in [0.4, 0.5) is 5.69 Å². The third-order valence-corrected chi connectivity index (χ3v) is 5.54. The highest BCUT2D eigenvalue weighted by Crippen LogP contribution is 2.40. The molecule has 25 heavy (non-hydrogen) atoms. The monoisotopic (exact) mass is 362 g/mol. The molecule has 2 aromatic rings. The molecule has 0 saturated carbocycles. The van der Waals surface area contributed by atoms with E-state index in [1.165, 1.54) is 24.3 Å². The first kappa shape index (κ1) is 17.4. The molecular weight excluding hydrogens is 344 g/mol. The number of sulfonamides is 1. The number of hydrogen-bond donors (Lipinski definition) is 1. The molecule has 0 aliphatic carbocycles. The lowest BCUT2D eigenvalue weighted by molar-refractivity contribution is -0.387. The number of fused-ring (bicyclic) bond motifs is 1. The van der Waals surface area contributed by atoms with E-state index in [-0.39, 0.29) is 4.90 Å². The van der Waals surface area contributed by atoms with Gasteiger partial charge in [0.05, 0.1) is 11.0 Å². The predicted octanol–water partition coefficient (Wildman–Crippen LogP) is 3.18. The first-order valence-corrected chi connectivity index (χ1v) is 9.22. The summed E-state index contributed by atoms with van der Waals surface area (Å²) in [5.41, 5.74) is -0.303. The number of nitro groups is 1. The van der Waals surface area contributed by atoms with E-state index in [0.29, 0.717) is 17.7 Å². The zero-order valence-corrected chi connectivity index (χ0v) is 14.6. The average Bonchev–Trinajstić information content (AvgIpc) is 2.53. The Morgan fingerprint density at radius 1 is 1.16 bits per heavy atom. The molecule has 8 heteroatoms. The van der Waals surface area contributed by atoms with Crippen LogP contribution in [0.15, 0.2) is 53.4 Å². The van der Waals surface area contributed by atoms with Crippen molar-refractivity contribution in [3.05, 3.63) is 64.2 Å². The summed E-state index contributed by atoms with van der Waals surface area (Å²) in [5.74, 6) is 0.606. The van der Waals surface area contributed by atoms with Gasteiger partial charge in [-0.1, -0.05) is 30.3 Å². The van der Waals surface area contributed by atoms with Crippen LogP contribution >= 0.6 is 0 Å². The summed E-state index contributed by atoms with van der Waals surface area (Å²) in [6, 6.07) is 11.9. The van der Waals surface area contributed by atoms with Crippen molar-refractivity contribution < 1.29 is 18.1 Å². The van der Waals surface area contributed by atoms with Crippen LogP contribution in [0.2, 0.25) is 0 Å². The Labute approximate surface area is 145 Å². The quantitative estimate of drug-likeness (QED) is 0.665. The van der Waals surface area contributed by atoms with Crippen LogP contribution in [0.25, 0.3) is 0 Å². The molecule has 0 radical (unpaired) electrons. The maximum atomic E-state index is 12.8. The van der Waals surface area contributed by atoms with Crippen LogP contribution in [0, 0.1) is 10.1 Å². The second kappa shape index (κ2) is 6.12. The number of nitrogens with one attached hydrogen (secondary N) is 1. The second-order valence-corrected chi connectivity index (χ2v) is 8.18. The average molecular weight is 362 g/mol. The summed E-state index contributed by atoms with van der Waals surface area (Å²) in [5, 5.41) is 11.2. The molecule has 0 fully saturated rings. The molecule has 1 aliphatic heterocycles. The molecule has 0 spiro atoms. The highest BCUT2D eigenvalue weighted by Gasteiger charge is 2.37. The van der Waals surface area contributed by atoms with E-state index in [1.807, 2.05) is 19.9 Å². The van der Waals surface area contributed by atoms with Gasteiger partial charge in [-0.05, 0) is 26.0 Å². The van der Waals surface area contributed by atoms with E-state index in [0.717, 1.165) is 0 Å². The minimum Gasteiger partial charge on any atom is -0.487 e. The number of nitro benzene ring substituents is 1. The summed E-state index contributed by atoms with van der Waals surface area (Å²) in [7, 11) is -4.08. The van der Waals surface area contributed by atoms with E-state index in [1.54, 1.807) is 18.2 Å². The third kappa shape index (κ3) is 3.49. The fraction of sp³-hybridized carbons (Fsp3) is 0.294. The molecule has 0 saturated heterocycles. The minimum absolute atomic E-state index is 0.346. The molecule has 1 N–H and O–H groups in total. The van der Waals surface area contributed by atoms with Gasteiger partial charge in [-0.15, -0.1) is 0 Å². The largest absolute Gasteiger partial charge is 0.487 e. The Balaban J connectivity index is 2.01. The maximum absolute atomic E-state index is 12.8. The molecule has 2 aromatic carbocycles. The highest BCUT2D eigenvalue weighted by atomic mass is 32.2. The van der Waals surface area contributed by atoms with Gasteiger partial charge in [0.25, 0.3) is 5.69 Å². The molecule has 1 aliphatic rings. The molecule has 0 aromatic heterocycles. The minimum atomic E-state index is -4.08. The smallest absolute Gasteiger partial charge is 0.289 e. The van der Waals surface area contributed by atoms with Crippen molar-refractivity contribution in [3.8, 4) is 5.75 Å². The molecule has 3 rings (SSSR count). The first-order chi connectivity index (χ1) is 11.7. The van der Waals surface area contributed by atoms with Gasteiger partial charge in [-0.3, -0.25) is 10.1 Å². The van der Waals surface area contributed by atoms with Crippen LogP contribution in [0.3, 0.4) is 0 Å². The van der Waals surface area contributed by atoms with Crippen LogP contribution < -0.4 is 9.46 Å². The zero-order chi connectivity index (χ0) is 18.2. The molecule has 7 nitrogen and oxygen atoms in total. The van der Waals surface area contributed by atoms with Crippen molar-refractivity contribution in [2.45, 2.75) is 36.8 Å². The molecule has 1 heterocycles. The Kier molecular flexibility index (Phi) is 4.26. The predicted molar refractivity (Wildman–Crippen MR) is 91.9 cm³/mol. The fourth-order valence-corrected chi connectivity index (χ4v) is 4.38. The van der Waals surface area contributed by atoms with Gasteiger partial charge in [0.1, 0.15) is 11.4 Å². The van der Waals surface area contributed by atoms with Gasteiger partial charge in [-0.25, -0.2) is 13.1 Å². The van der Waals surface area contributed by atoms with Crippen LogP contribution in [-0.4, -0.2) is 18.9 Å². The van der Waals surface area contributed by atoms with Crippen molar-refractivity contribution in [1.82, 2.24) is 4.72 Å². The van der Waals surface area contributed by atoms with Crippen LogP contribution in [-0.2, 0) is 10.0 Å².